The third kappa shape index (κ3) is 3.51. The van der Waals surface area contributed by atoms with Gasteiger partial charge in [-0.1, -0.05) is 86.0 Å². The molecule has 0 spiro atoms. The number of nitrogens with zero attached hydrogens (tertiary/aromatic N) is 2. The van der Waals surface area contributed by atoms with Crippen molar-refractivity contribution in [2.75, 3.05) is 9.80 Å². The van der Waals surface area contributed by atoms with Crippen molar-refractivity contribution >= 4 is 83.3 Å². The fraction of sp³-hybridized carbons (Fsp3) is 0.0952. The first kappa shape index (κ1) is 27.9. The van der Waals surface area contributed by atoms with E-state index in [1.165, 1.54) is 42.7 Å². The summed E-state index contributed by atoms with van der Waals surface area (Å²) in [6.45, 7) is 6.46. The number of anilines is 5. The maximum absolute atomic E-state index is 16.1. The number of allylic oxidation sites excluding steroid dienone is 1. The molecule has 0 saturated heterocycles. The lowest BCUT2D eigenvalue weighted by molar-refractivity contribution is 0.628. The molecule has 0 bridgehead atoms. The van der Waals surface area contributed by atoms with Crippen LogP contribution in [-0.4, -0.2) is 6.71 Å². The van der Waals surface area contributed by atoms with Gasteiger partial charge in [-0.25, -0.2) is 8.78 Å². The fourth-order valence-electron chi connectivity index (χ4n) is 8.73. The zero-order valence-electron chi connectivity index (χ0n) is 26.7. The molecule has 230 valence electrons. The number of hydrogen-bond acceptors (Lipinski definition) is 3. The van der Waals surface area contributed by atoms with Crippen LogP contribution in [-0.2, 0) is 5.41 Å². The van der Waals surface area contributed by atoms with Crippen molar-refractivity contribution < 1.29 is 8.78 Å². The molecule has 6 heteroatoms. The van der Waals surface area contributed by atoms with E-state index in [4.69, 9.17) is 0 Å². The quantitative estimate of drug-likeness (QED) is 0.173. The van der Waals surface area contributed by atoms with Crippen LogP contribution in [0.1, 0.15) is 30.5 Å². The number of halogens is 2. The van der Waals surface area contributed by atoms with Crippen LogP contribution in [0.15, 0.2) is 127 Å². The summed E-state index contributed by atoms with van der Waals surface area (Å²) in [5, 5.41) is 2.40. The number of thiophene rings is 1. The van der Waals surface area contributed by atoms with E-state index in [9.17, 15) is 0 Å². The Bertz CT molecular complexity index is 2570. The number of para-hydroxylation sites is 1. The molecule has 48 heavy (non-hydrogen) atoms. The molecule has 10 rings (SSSR count). The number of benzene rings is 6. The van der Waals surface area contributed by atoms with Crippen LogP contribution in [0.5, 0.6) is 0 Å². The fourth-order valence-corrected chi connectivity index (χ4v) is 9.85. The minimum absolute atomic E-state index is 0.155. The predicted octanol–water partition coefficient (Wildman–Crippen LogP) is 10.4. The Balaban J connectivity index is 1.42. The minimum Gasteiger partial charge on any atom is -0.309 e. The Hall–Kier alpha value is -5.20. The van der Waals surface area contributed by atoms with Crippen LogP contribution in [0.2, 0.25) is 0 Å². The molecule has 0 N–H and O–H groups in total. The first-order valence-electron chi connectivity index (χ1n) is 16.4. The van der Waals surface area contributed by atoms with Gasteiger partial charge in [-0.3, -0.25) is 0 Å². The lowest BCUT2D eigenvalue weighted by Crippen LogP contribution is -2.57. The van der Waals surface area contributed by atoms with E-state index < -0.39 is 0 Å². The number of rotatable bonds is 2. The lowest BCUT2D eigenvalue weighted by Gasteiger charge is -2.46. The van der Waals surface area contributed by atoms with Crippen molar-refractivity contribution in [1.29, 1.82) is 0 Å². The molecule has 1 aromatic heterocycles. The molecular formula is C42H29BF2N2S. The molecule has 0 atom stereocenters. The highest BCUT2D eigenvalue weighted by Crippen LogP contribution is 2.56. The van der Waals surface area contributed by atoms with Gasteiger partial charge in [0, 0.05) is 43.1 Å². The Morgan fingerprint density at radius 3 is 2.15 bits per heavy atom. The maximum atomic E-state index is 16.1. The first-order valence-corrected chi connectivity index (χ1v) is 17.2. The van der Waals surface area contributed by atoms with Crippen molar-refractivity contribution in [2.45, 2.75) is 26.2 Å². The molecule has 1 aliphatic carbocycles. The number of hydrogen-bond donors (Lipinski definition) is 0. The summed E-state index contributed by atoms with van der Waals surface area (Å²) in [7, 11) is 0. The van der Waals surface area contributed by atoms with E-state index in [-0.39, 0.29) is 23.8 Å². The largest absolute Gasteiger partial charge is 0.309 e. The normalized spacial score (nSPS) is 15.6. The van der Waals surface area contributed by atoms with Crippen molar-refractivity contribution in [1.82, 2.24) is 0 Å². The molecule has 3 aliphatic rings. The van der Waals surface area contributed by atoms with Crippen molar-refractivity contribution in [3.8, 4) is 0 Å². The van der Waals surface area contributed by atoms with Crippen LogP contribution in [0, 0.1) is 18.6 Å². The highest BCUT2D eigenvalue weighted by Gasteiger charge is 2.53. The van der Waals surface area contributed by atoms with Crippen molar-refractivity contribution in [2.24, 2.45) is 0 Å². The molecule has 0 unspecified atom stereocenters. The minimum atomic E-state index is -0.382. The summed E-state index contributed by atoms with van der Waals surface area (Å²) in [4.78, 5) is 4.24. The molecule has 0 saturated carbocycles. The van der Waals surface area contributed by atoms with Crippen LogP contribution in [0.25, 0.3) is 25.9 Å². The molecule has 0 fully saturated rings. The Kier molecular flexibility index (Phi) is 5.62. The van der Waals surface area contributed by atoms with E-state index in [2.05, 4.69) is 96.4 Å². The summed E-state index contributed by atoms with van der Waals surface area (Å²) in [5.41, 5.74) is 11.3. The van der Waals surface area contributed by atoms with Gasteiger partial charge in [-0.05, 0) is 94.3 Å². The van der Waals surface area contributed by atoms with E-state index in [0.717, 1.165) is 39.3 Å². The Labute approximate surface area is 282 Å². The third-order valence-electron chi connectivity index (χ3n) is 10.7. The van der Waals surface area contributed by atoms with E-state index in [0.29, 0.717) is 11.4 Å². The number of fused-ring (bicyclic) bond motifs is 9. The summed E-state index contributed by atoms with van der Waals surface area (Å²) in [6.07, 6.45) is 0. The SMILES string of the molecule is Cc1ccc(F)c(N2c3cccc4c3B(C3=C(c5ccccc5C3(C)C)N4c3ccccc3F)c3c2ccc2sc4ccccc4c32)c1. The standard InChI is InChI=1S/C42H29BF2N2S/c1-24-19-20-29(45)34(23-24)46-31-16-10-17-32-38(31)43(39-33(46)21-22-36-37(39)26-12-5-9-18-35(26)48-36)41-40(47(32)30-15-8-7-14-28(30)44)25-11-4-6-13-27(25)42(41,2)3/h4-23H,1-3H3. The van der Waals surface area contributed by atoms with Crippen LogP contribution >= 0.6 is 11.3 Å². The van der Waals surface area contributed by atoms with Crippen molar-refractivity contribution in [3.05, 3.63) is 155 Å². The second-order valence-corrected chi connectivity index (χ2v) is 14.7. The van der Waals surface area contributed by atoms with Crippen LogP contribution < -0.4 is 20.7 Å². The molecule has 2 nitrogen and oxygen atoms in total. The highest BCUT2D eigenvalue weighted by molar-refractivity contribution is 7.26. The Morgan fingerprint density at radius 2 is 1.29 bits per heavy atom. The monoisotopic (exact) mass is 642 g/mol. The Morgan fingerprint density at radius 1 is 0.604 bits per heavy atom. The molecule has 0 radical (unpaired) electrons. The van der Waals surface area contributed by atoms with E-state index in [1.807, 2.05) is 37.3 Å². The molecule has 0 amide bonds. The summed E-state index contributed by atoms with van der Waals surface area (Å²) in [5.74, 6) is -0.570. The van der Waals surface area contributed by atoms with Gasteiger partial charge in [0.1, 0.15) is 11.6 Å². The molecule has 6 aromatic carbocycles. The summed E-state index contributed by atoms with van der Waals surface area (Å²) >= 11 is 1.80. The lowest BCUT2D eigenvalue weighted by atomic mass is 9.30. The average Bonchev–Trinajstić information content (AvgIpc) is 3.59. The first-order chi connectivity index (χ1) is 23.3. The molecule has 7 aromatic rings. The van der Waals surface area contributed by atoms with Crippen LogP contribution in [0.4, 0.5) is 37.2 Å². The molecule has 3 heterocycles. The zero-order valence-corrected chi connectivity index (χ0v) is 27.5. The molecular weight excluding hydrogens is 613 g/mol. The number of aryl methyl sites for hydroxylation is 1. The van der Waals surface area contributed by atoms with Crippen molar-refractivity contribution in [3.63, 3.8) is 0 Å². The smallest absolute Gasteiger partial charge is 0.249 e. The van der Waals surface area contributed by atoms with Gasteiger partial charge >= 0.3 is 0 Å². The van der Waals surface area contributed by atoms with Gasteiger partial charge in [0.25, 0.3) is 0 Å². The third-order valence-corrected chi connectivity index (χ3v) is 11.8. The van der Waals surface area contributed by atoms with Gasteiger partial charge in [0.05, 0.1) is 11.4 Å². The second-order valence-electron chi connectivity index (χ2n) is 13.6. The predicted molar refractivity (Wildman–Crippen MR) is 199 cm³/mol. The summed E-state index contributed by atoms with van der Waals surface area (Å²) < 4.78 is 34.7. The van der Waals surface area contributed by atoms with E-state index in [1.54, 1.807) is 23.5 Å². The molecule has 2 aliphatic heterocycles. The zero-order chi connectivity index (χ0) is 32.5. The van der Waals surface area contributed by atoms with Gasteiger partial charge in [0.15, 0.2) is 0 Å². The highest BCUT2D eigenvalue weighted by atomic mass is 32.1. The maximum Gasteiger partial charge on any atom is 0.249 e. The second kappa shape index (κ2) is 9.68. The van der Waals surface area contributed by atoms with Gasteiger partial charge in [0.2, 0.25) is 6.71 Å². The topological polar surface area (TPSA) is 6.48 Å². The summed E-state index contributed by atoms with van der Waals surface area (Å²) in [6, 6.07) is 40.2. The van der Waals surface area contributed by atoms with Gasteiger partial charge in [-0.2, -0.15) is 0 Å². The average molecular weight is 643 g/mol. The van der Waals surface area contributed by atoms with E-state index >= 15 is 8.78 Å². The van der Waals surface area contributed by atoms with Gasteiger partial charge < -0.3 is 9.80 Å². The van der Waals surface area contributed by atoms with Gasteiger partial charge in [-0.15, -0.1) is 11.3 Å². The van der Waals surface area contributed by atoms with Crippen LogP contribution in [0.3, 0.4) is 0 Å².